The summed E-state index contributed by atoms with van der Waals surface area (Å²) in [6.07, 6.45) is 3.60. The monoisotopic (exact) mass is 182 g/mol. The third-order valence-corrected chi connectivity index (χ3v) is 3.49. The van der Waals surface area contributed by atoms with Crippen LogP contribution in [-0.2, 0) is 4.79 Å². The molecule has 3 nitrogen and oxygen atoms in total. The Labute approximate surface area is 79.3 Å². The van der Waals surface area contributed by atoms with Crippen molar-refractivity contribution in [3.8, 4) is 0 Å². The largest absolute Gasteiger partial charge is 0.345 e. The van der Waals surface area contributed by atoms with Crippen molar-refractivity contribution in [1.82, 2.24) is 4.90 Å². The smallest absolute Gasteiger partial charge is 0.225 e. The van der Waals surface area contributed by atoms with Gasteiger partial charge in [-0.25, -0.2) is 0 Å². The second-order valence-electron chi connectivity index (χ2n) is 4.39. The van der Waals surface area contributed by atoms with Crippen molar-refractivity contribution in [3.63, 3.8) is 0 Å². The molecule has 2 fully saturated rings. The first-order valence-electron chi connectivity index (χ1n) is 5.19. The average molecular weight is 182 g/mol. The van der Waals surface area contributed by atoms with Crippen LogP contribution in [0, 0.1) is 17.8 Å². The molecule has 74 valence electrons. The van der Waals surface area contributed by atoms with Crippen LogP contribution in [0.4, 0.5) is 0 Å². The normalized spacial score (nSPS) is 31.1. The maximum absolute atomic E-state index is 11.7. The fourth-order valence-electron chi connectivity index (χ4n) is 2.46. The minimum atomic E-state index is 0.238. The van der Waals surface area contributed by atoms with Crippen LogP contribution < -0.4 is 5.73 Å². The topological polar surface area (TPSA) is 46.3 Å². The molecule has 2 atom stereocenters. The Balaban J connectivity index is 2.02. The van der Waals surface area contributed by atoms with Gasteiger partial charge in [-0.1, -0.05) is 0 Å². The molecule has 1 amide bonds. The summed E-state index contributed by atoms with van der Waals surface area (Å²) in [4.78, 5) is 13.6. The SMILES string of the molecule is CN1CCC(C(CN)C2CC2)C1=O. The lowest BCUT2D eigenvalue weighted by Crippen LogP contribution is -2.32. The average Bonchev–Trinajstić information content (AvgIpc) is 2.89. The maximum atomic E-state index is 11.7. The fraction of sp³-hybridized carbons (Fsp3) is 0.900. The first-order valence-corrected chi connectivity index (χ1v) is 5.19. The molecule has 0 spiro atoms. The van der Waals surface area contributed by atoms with E-state index in [1.165, 1.54) is 12.8 Å². The van der Waals surface area contributed by atoms with Gasteiger partial charge < -0.3 is 10.6 Å². The van der Waals surface area contributed by atoms with Crippen molar-refractivity contribution >= 4 is 5.91 Å². The molecule has 1 heterocycles. The molecule has 2 N–H and O–H groups in total. The summed E-state index contributed by atoms with van der Waals surface area (Å²) in [5, 5.41) is 0. The number of hydrogen-bond acceptors (Lipinski definition) is 2. The van der Waals surface area contributed by atoms with Gasteiger partial charge in [0.1, 0.15) is 0 Å². The van der Waals surface area contributed by atoms with Crippen LogP contribution in [0.15, 0.2) is 0 Å². The van der Waals surface area contributed by atoms with E-state index in [1.54, 1.807) is 0 Å². The number of likely N-dealkylation sites (tertiary alicyclic amines) is 1. The van der Waals surface area contributed by atoms with Gasteiger partial charge in [0.05, 0.1) is 0 Å². The van der Waals surface area contributed by atoms with E-state index in [9.17, 15) is 4.79 Å². The number of nitrogens with zero attached hydrogens (tertiary/aromatic N) is 1. The summed E-state index contributed by atoms with van der Waals surface area (Å²) in [6.45, 7) is 1.61. The third-order valence-electron chi connectivity index (χ3n) is 3.49. The quantitative estimate of drug-likeness (QED) is 0.689. The maximum Gasteiger partial charge on any atom is 0.225 e. The highest BCUT2D eigenvalue weighted by atomic mass is 16.2. The Bertz CT molecular complexity index is 213. The highest BCUT2D eigenvalue weighted by molar-refractivity contribution is 5.81. The van der Waals surface area contributed by atoms with Crippen molar-refractivity contribution in [2.75, 3.05) is 20.1 Å². The lowest BCUT2D eigenvalue weighted by atomic mass is 9.87. The number of nitrogens with two attached hydrogens (primary N) is 1. The zero-order valence-corrected chi connectivity index (χ0v) is 8.20. The second-order valence-corrected chi connectivity index (χ2v) is 4.39. The van der Waals surface area contributed by atoms with Gasteiger partial charge in [0, 0.05) is 19.5 Å². The molecule has 3 heteroatoms. The molecule has 1 aliphatic heterocycles. The van der Waals surface area contributed by atoms with Gasteiger partial charge >= 0.3 is 0 Å². The Hall–Kier alpha value is -0.570. The first-order chi connectivity index (χ1) is 6.24. The first kappa shape index (κ1) is 9.00. The molecular formula is C10H18N2O. The Morgan fingerprint density at radius 1 is 1.54 bits per heavy atom. The highest BCUT2D eigenvalue weighted by Gasteiger charge is 2.42. The standard InChI is InChI=1S/C10H18N2O/c1-12-5-4-8(10(12)13)9(6-11)7-2-3-7/h7-9H,2-6,11H2,1H3. The van der Waals surface area contributed by atoms with Gasteiger partial charge in [-0.3, -0.25) is 4.79 Å². The molecule has 2 unspecified atom stereocenters. The molecule has 13 heavy (non-hydrogen) atoms. The summed E-state index contributed by atoms with van der Waals surface area (Å²) >= 11 is 0. The van der Waals surface area contributed by atoms with Crippen LogP contribution in [-0.4, -0.2) is 30.9 Å². The van der Waals surface area contributed by atoms with Gasteiger partial charge in [0.15, 0.2) is 0 Å². The van der Waals surface area contributed by atoms with Crippen LogP contribution in [0.1, 0.15) is 19.3 Å². The van der Waals surface area contributed by atoms with E-state index in [4.69, 9.17) is 5.73 Å². The van der Waals surface area contributed by atoms with Crippen LogP contribution in [0.25, 0.3) is 0 Å². The summed E-state index contributed by atoms with van der Waals surface area (Å²) in [5.41, 5.74) is 5.73. The molecule has 1 saturated carbocycles. The molecule has 0 bridgehead atoms. The molecule has 2 aliphatic rings. The highest BCUT2D eigenvalue weighted by Crippen LogP contribution is 2.42. The minimum absolute atomic E-state index is 0.238. The zero-order valence-electron chi connectivity index (χ0n) is 8.20. The van der Waals surface area contributed by atoms with Crippen molar-refractivity contribution in [2.45, 2.75) is 19.3 Å². The summed E-state index contributed by atoms with van der Waals surface area (Å²) < 4.78 is 0. The van der Waals surface area contributed by atoms with Crippen LogP contribution in [0.3, 0.4) is 0 Å². The van der Waals surface area contributed by atoms with Crippen molar-refractivity contribution in [3.05, 3.63) is 0 Å². The van der Waals surface area contributed by atoms with Crippen LogP contribution >= 0.6 is 0 Å². The van der Waals surface area contributed by atoms with Gasteiger partial charge in [0.2, 0.25) is 5.91 Å². The van der Waals surface area contributed by atoms with Crippen LogP contribution in [0.5, 0.6) is 0 Å². The Morgan fingerprint density at radius 2 is 2.23 bits per heavy atom. The molecule has 1 saturated heterocycles. The van der Waals surface area contributed by atoms with E-state index < -0.39 is 0 Å². The van der Waals surface area contributed by atoms with E-state index in [1.807, 2.05) is 11.9 Å². The van der Waals surface area contributed by atoms with Crippen molar-refractivity contribution in [1.29, 1.82) is 0 Å². The van der Waals surface area contributed by atoms with Crippen LogP contribution in [0.2, 0.25) is 0 Å². The number of amides is 1. The number of carbonyl (C=O) groups is 1. The fourth-order valence-corrected chi connectivity index (χ4v) is 2.46. The molecule has 0 aromatic heterocycles. The predicted octanol–water partition coefficient (Wildman–Crippen LogP) is 0.450. The molecule has 1 aliphatic carbocycles. The van der Waals surface area contributed by atoms with Crippen molar-refractivity contribution < 1.29 is 4.79 Å². The van der Waals surface area contributed by atoms with E-state index in [2.05, 4.69) is 0 Å². The molecule has 0 radical (unpaired) electrons. The molecular weight excluding hydrogens is 164 g/mol. The molecule has 0 aromatic rings. The van der Waals surface area contributed by atoms with Gasteiger partial charge in [-0.15, -0.1) is 0 Å². The van der Waals surface area contributed by atoms with E-state index >= 15 is 0 Å². The van der Waals surface area contributed by atoms with E-state index in [0.717, 1.165) is 18.9 Å². The predicted molar refractivity (Wildman–Crippen MR) is 51.0 cm³/mol. The number of hydrogen-bond donors (Lipinski definition) is 1. The Morgan fingerprint density at radius 3 is 2.62 bits per heavy atom. The van der Waals surface area contributed by atoms with Gasteiger partial charge in [0.25, 0.3) is 0 Å². The second kappa shape index (κ2) is 3.29. The summed E-state index contributed by atoms with van der Waals surface area (Å²) in [5.74, 6) is 1.78. The number of rotatable bonds is 3. The minimum Gasteiger partial charge on any atom is -0.345 e. The lowest BCUT2D eigenvalue weighted by Gasteiger charge is -2.19. The zero-order chi connectivity index (χ0) is 9.42. The van der Waals surface area contributed by atoms with Gasteiger partial charge in [-0.2, -0.15) is 0 Å². The summed E-state index contributed by atoms with van der Waals surface area (Å²) in [7, 11) is 1.89. The molecule has 2 rings (SSSR count). The van der Waals surface area contributed by atoms with Gasteiger partial charge in [-0.05, 0) is 37.6 Å². The van der Waals surface area contributed by atoms with E-state index in [-0.39, 0.29) is 5.92 Å². The number of carbonyl (C=O) groups excluding carboxylic acids is 1. The lowest BCUT2D eigenvalue weighted by molar-refractivity contribution is -0.131. The Kier molecular flexibility index (Phi) is 2.28. The third kappa shape index (κ3) is 1.57. The summed E-state index contributed by atoms with van der Waals surface area (Å²) in [6, 6.07) is 0. The molecule has 0 aromatic carbocycles. The van der Waals surface area contributed by atoms with E-state index in [0.29, 0.717) is 18.4 Å². The van der Waals surface area contributed by atoms with Crippen molar-refractivity contribution in [2.24, 2.45) is 23.5 Å².